The molecular weight excluding hydrogens is 316 g/mol. The van der Waals surface area contributed by atoms with Crippen molar-refractivity contribution in [3.63, 3.8) is 0 Å². The standard InChI is InChI=1S/C19H30N4O2/c24-16-9-20-19(25)23-13-4-12-22(14-15-23)18-7-5-17(6-8-18)21-10-2-1-3-11-21/h5-8,24H,1-4,9-16H2,(H,20,25). The molecule has 6 nitrogen and oxygen atoms in total. The maximum absolute atomic E-state index is 12.1. The SMILES string of the molecule is O=C(NCCO)N1CCCN(c2ccc(N3CCCCC3)cc2)CC1. The summed E-state index contributed by atoms with van der Waals surface area (Å²) >= 11 is 0. The minimum Gasteiger partial charge on any atom is -0.395 e. The molecule has 0 spiro atoms. The first kappa shape index (κ1) is 17.9. The first-order valence-corrected chi connectivity index (χ1v) is 9.51. The van der Waals surface area contributed by atoms with Crippen LogP contribution in [0.1, 0.15) is 25.7 Å². The predicted octanol–water partition coefficient (Wildman–Crippen LogP) is 1.89. The van der Waals surface area contributed by atoms with Gasteiger partial charge in [-0.25, -0.2) is 4.79 Å². The summed E-state index contributed by atoms with van der Waals surface area (Å²) < 4.78 is 0. The molecular formula is C19H30N4O2. The summed E-state index contributed by atoms with van der Waals surface area (Å²) in [6.07, 6.45) is 4.90. The molecule has 1 aromatic rings. The molecule has 138 valence electrons. The number of nitrogens with zero attached hydrogens (tertiary/aromatic N) is 3. The van der Waals surface area contributed by atoms with E-state index in [1.807, 2.05) is 4.90 Å². The van der Waals surface area contributed by atoms with E-state index in [4.69, 9.17) is 5.11 Å². The highest BCUT2D eigenvalue weighted by atomic mass is 16.3. The maximum atomic E-state index is 12.1. The summed E-state index contributed by atoms with van der Waals surface area (Å²) in [5, 5.41) is 11.6. The highest BCUT2D eigenvalue weighted by molar-refractivity contribution is 5.74. The van der Waals surface area contributed by atoms with E-state index in [-0.39, 0.29) is 12.6 Å². The third kappa shape index (κ3) is 4.78. The van der Waals surface area contributed by atoms with E-state index < -0.39 is 0 Å². The third-order valence-corrected chi connectivity index (χ3v) is 5.11. The van der Waals surface area contributed by atoms with Crippen LogP contribution in [0.2, 0.25) is 0 Å². The molecule has 2 saturated heterocycles. The molecule has 2 heterocycles. The molecule has 1 aromatic carbocycles. The Morgan fingerprint density at radius 3 is 2.08 bits per heavy atom. The van der Waals surface area contributed by atoms with Gasteiger partial charge in [0.15, 0.2) is 0 Å². The molecule has 2 amide bonds. The van der Waals surface area contributed by atoms with Gasteiger partial charge in [-0.2, -0.15) is 0 Å². The quantitative estimate of drug-likeness (QED) is 0.874. The van der Waals surface area contributed by atoms with Gasteiger partial charge in [0.25, 0.3) is 0 Å². The normalized spacial score (nSPS) is 18.8. The number of rotatable bonds is 4. The van der Waals surface area contributed by atoms with Crippen molar-refractivity contribution < 1.29 is 9.90 Å². The molecule has 25 heavy (non-hydrogen) atoms. The van der Waals surface area contributed by atoms with Crippen molar-refractivity contribution in [1.82, 2.24) is 10.2 Å². The number of piperidine rings is 1. The van der Waals surface area contributed by atoms with Crippen molar-refractivity contribution in [3.8, 4) is 0 Å². The van der Waals surface area contributed by atoms with Gasteiger partial charge in [0.1, 0.15) is 0 Å². The van der Waals surface area contributed by atoms with E-state index in [1.165, 1.54) is 43.7 Å². The van der Waals surface area contributed by atoms with E-state index in [0.29, 0.717) is 13.1 Å². The lowest BCUT2D eigenvalue weighted by atomic mass is 10.1. The number of aliphatic hydroxyl groups excluding tert-OH is 1. The second kappa shape index (κ2) is 8.94. The molecule has 0 aliphatic carbocycles. The third-order valence-electron chi connectivity index (χ3n) is 5.11. The average Bonchev–Trinajstić information content (AvgIpc) is 2.93. The fourth-order valence-electron chi connectivity index (χ4n) is 3.68. The number of carbonyl (C=O) groups excluding carboxylic acids is 1. The van der Waals surface area contributed by atoms with Crippen LogP contribution in [-0.2, 0) is 0 Å². The molecule has 2 aliphatic heterocycles. The number of carbonyl (C=O) groups is 1. The van der Waals surface area contributed by atoms with Gasteiger partial charge in [0, 0.05) is 57.2 Å². The largest absolute Gasteiger partial charge is 0.395 e. The fraction of sp³-hybridized carbons (Fsp3) is 0.632. The van der Waals surface area contributed by atoms with E-state index in [0.717, 1.165) is 26.1 Å². The minimum atomic E-state index is -0.0728. The van der Waals surface area contributed by atoms with Gasteiger partial charge in [0.05, 0.1) is 6.61 Å². The summed E-state index contributed by atoms with van der Waals surface area (Å²) in [6, 6.07) is 8.82. The Morgan fingerprint density at radius 1 is 0.840 bits per heavy atom. The van der Waals surface area contributed by atoms with Gasteiger partial charge in [-0.1, -0.05) is 0 Å². The van der Waals surface area contributed by atoms with Crippen LogP contribution in [0.5, 0.6) is 0 Å². The molecule has 0 aromatic heterocycles. The van der Waals surface area contributed by atoms with Crippen molar-refractivity contribution in [2.45, 2.75) is 25.7 Å². The van der Waals surface area contributed by atoms with E-state index in [1.54, 1.807) is 0 Å². The zero-order valence-electron chi connectivity index (χ0n) is 15.0. The number of aliphatic hydroxyl groups is 1. The molecule has 6 heteroatoms. The van der Waals surface area contributed by atoms with E-state index in [9.17, 15) is 4.79 Å². The van der Waals surface area contributed by atoms with Gasteiger partial charge in [-0.3, -0.25) is 0 Å². The van der Waals surface area contributed by atoms with Crippen molar-refractivity contribution in [2.75, 3.05) is 62.2 Å². The first-order chi connectivity index (χ1) is 12.3. The van der Waals surface area contributed by atoms with Gasteiger partial charge in [-0.15, -0.1) is 0 Å². The molecule has 3 rings (SSSR count). The molecule has 0 atom stereocenters. The molecule has 0 saturated carbocycles. The molecule has 2 aliphatic rings. The number of urea groups is 1. The number of anilines is 2. The second-order valence-electron chi connectivity index (χ2n) is 6.85. The van der Waals surface area contributed by atoms with Crippen LogP contribution in [0.25, 0.3) is 0 Å². The van der Waals surface area contributed by atoms with E-state index >= 15 is 0 Å². The Hall–Kier alpha value is -1.95. The maximum Gasteiger partial charge on any atom is 0.317 e. The lowest BCUT2D eigenvalue weighted by Gasteiger charge is -2.30. The highest BCUT2D eigenvalue weighted by Gasteiger charge is 2.19. The predicted molar refractivity (Wildman–Crippen MR) is 101 cm³/mol. The van der Waals surface area contributed by atoms with Gasteiger partial charge >= 0.3 is 6.03 Å². The van der Waals surface area contributed by atoms with E-state index in [2.05, 4.69) is 39.4 Å². The van der Waals surface area contributed by atoms with Gasteiger partial charge < -0.3 is 25.1 Å². The molecule has 0 bridgehead atoms. The van der Waals surface area contributed by atoms with Crippen LogP contribution >= 0.6 is 0 Å². The van der Waals surface area contributed by atoms with Crippen LogP contribution in [0.3, 0.4) is 0 Å². The Labute approximate surface area is 150 Å². The van der Waals surface area contributed by atoms with Crippen molar-refractivity contribution in [3.05, 3.63) is 24.3 Å². The zero-order chi connectivity index (χ0) is 17.5. The molecule has 2 N–H and O–H groups in total. The highest BCUT2D eigenvalue weighted by Crippen LogP contribution is 2.24. The molecule has 0 unspecified atom stereocenters. The van der Waals surface area contributed by atoms with Crippen LogP contribution in [0, 0.1) is 0 Å². The zero-order valence-corrected chi connectivity index (χ0v) is 15.0. The smallest absolute Gasteiger partial charge is 0.317 e. The molecule has 2 fully saturated rings. The Kier molecular flexibility index (Phi) is 6.39. The summed E-state index contributed by atoms with van der Waals surface area (Å²) in [4.78, 5) is 18.7. The van der Waals surface area contributed by atoms with Crippen molar-refractivity contribution in [2.24, 2.45) is 0 Å². The molecule has 0 radical (unpaired) electrons. The Morgan fingerprint density at radius 2 is 1.44 bits per heavy atom. The number of hydrogen-bond acceptors (Lipinski definition) is 4. The minimum absolute atomic E-state index is 0.0188. The van der Waals surface area contributed by atoms with Gasteiger partial charge in [0.2, 0.25) is 0 Å². The van der Waals surface area contributed by atoms with Crippen molar-refractivity contribution in [1.29, 1.82) is 0 Å². The Bertz CT molecular complexity index is 543. The lowest BCUT2D eigenvalue weighted by Crippen LogP contribution is -2.43. The number of benzene rings is 1. The second-order valence-corrected chi connectivity index (χ2v) is 6.85. The first-order valence-electron chi connectivity index (χ1n) is 9.51. The monoisotopic (exact) mass is 346 g/mol. The topological polar surface area (TPSA) is 59.1 Å². The average molecular weight is 346 g/mol. The summed E-state index contributed by atoms with van der Waals surface area (Å²) in [5.74, 6) is 0. The summed E-state index contributed by atoms with van der Waals surface area (Å²) in [5.41, 5.74) is 2.56. The summed E-state index contributed by atoms with van der Waals surface area (Å²) in [6.45, 7) is 5.92. The van der Waals surface area contributed by atoms with Crippen LogP contribution < -0.4 is 15.1 Å². The fourth-order valence-corrected chi connectivity index (χ4v) is 3.68. The Balaban J connectivity index is 1.56. The van der Waals surface area contributed by atoms with Crippen LogP contribution in [0.4, 0.5) is 16.2 Å². The van der Waals surface area contributed by atoms with Crippen molar-refractivity contribution >= 4 is 17.4 Å². The number of nitrogens with one attached hydrogen (secondary N) is 1. The number of amides is 2. The lowest BCUT2D eigenvalue weighted by molar-refractivity contribution is 0.197. The van der Waals surface area contributed by atoms with Crippen LogP contribution in [-0.4, -0.2) is 68.5 Å². The van der Waals surface area contributed by atoms with Gasteiger partial charge in [-0.05, 0) is 49.9 Å². The number of hydrogen-bond donors (Lipinski definition) is 2. The summed E-state index contributed by atoms with van der Waals surface area (Å²) in [7, 11) is 0. The van der Waals surface area contributed by atoms with Crippen LogP contribution in [0.15, 0.2) is 24.3 Å².